The van der Waals surface area contributed by atoms with Crippen molar-refractivity contribution in [3.8, 4) is 0 Å². The minimum absolute atomic E-state index is 0.328. The average molecular weight is 222 g/mol. The molecule has 16 heavy (non-hydrogen) atoms. The van der Waals surface area contributed by atoms with Crippen LogP contribution >= 0.6 is 0 Å². The molecule has 0 saturated heterocycles. The van der Waals surface area contributed by atoms with E-state index in [1.54, 1.807) is 19.1 Å². The predicted octanol–water partition coefficient (Wildman–Crippen LogP) is 0.860. The number of amides is 1. The van der Waals surface area contributed by atoms with Crippen molar-refractivity contribution in [3.05, 3.63) is 30.1 Å². The van der Waals surface area contributed by atoms with Crippen molar-refractivity contribution in [1.82, 2.24) is 9.88 Å². The lowest BCUT2D eigenvalue weighted by Gasteiger charge is -2.34. The van der Waals surface area contributed by atoms with Crippen molar-refractivity contribution in [3.63, 3.8) is 0 Å². The first-order chi connectivity index (χ1) is 7.57. The van der Waals surface area contributed by atoms with Gasteiger partial charge in [0.1, 0.15) is 0 Å². The van der Waals surface area contributed by atoms with Crippen LogP contribution in [0.1, 0.15) is 19.4 Å². The number of nitrogens with zero attached hydrogens (tertiary/aromatic N) is 2. The Morgan fingerprint density at radius 1 is 1.56 bits per heavy atom. The van der Waals surface area contributed by atoms with Gasteiger partial charge in [-0.15, -0.1) is 0 Å². The van der Waals surface area contributed by atoms with E-state index in [2.05, 4.69) is 4.98 Å². The highest BCUT2D eigenvalue weighted by atomic mass is 16.4. The fourth-order valence-corrected chi connectivity index (χ4v) is 1.58. The number of likely N-dealkylation sites (N-methyl/N-ethyl adjacent to an activating group) is 1. The molecule has 86 valence electrons. The van der Waals surface area contributed by atoms with Crippen molar-refractivity contribution in [2.75, 3.05) is 6.54 Å². The SMILES string of the molecule is CCN(C=O)C(C)(C(=O)O)c1ccncc1. The molecule has 5 heteroatoms. The molecule has 1 N–H and O–H groups in total. The summed E-state index contributed by atoms with van der Waals surface area (Å²) in [4.78, 5) is 27.3. The van der Waals surface area contributed by atoms with Crippen LogP contribution in [0.25, 0.3) is 0 Å². The molecular formula is C11H14N2O3. The third-order valence-electron chi connectivity index (χ3n) is 2.70. The van der Waals surface area contributed by atoms with Crippen molar-refractivity contribution in [1.29, 1.82) is 0 Å². The molecule has 0 fully saturated rings. The molecule has 5 nitrogen and oxygen atoms in total. The molecule has 0 spiro atoms. The second kappa shape index (κ2) is 4.74. The Labute approximate surface area is 93.7 Å². The van der Waals surface area contributed by atoms with E-state index in [1.165, 1.54) is 24.2 Å². The maximum atomic E-state index is 11.4. The van der Waals surface area contributed by atoms with Gasteiger partial charge in [-0.3, -0.25) is 9.78 Å². The van der Waals surface area contributed by atoms with Crippen LogP contribution in [0, 0.1) is 0 Å². The van der Waals surface area contributed by atoms with Gasteiger partial charge in [0.25, 0.3) is 0 Å². The number of carbonyl (C=O) groups excluding carboxylic acids is 1. The molecular weight excluding hydrogens is 208 g/mol. The quantitative estimate of drug-likeness (QED) is 0.750. The van der Waals surface area contributed by atoms with Crippen molar-refractivity contribution in [2.24, 2.45) is 0 Å². The first-order valence-electron chi connectivity index (χ1n) is 4.93. The number of hydrogen-bond donors (Lipinski definition) is 1. The van der Waals surface area contributed by atoms with E-state index in [9.17, 15) is 14.7 Å². The van der Waals surface area contributed by atoms with Gasteiger partial charge in [-0.1, -0.05) is 0 Å². The predicted molar refractivity (Wildman–Crippen MR) is 57.7 cm³/mol. The Morgan fingerprint density at radius 2 is 2.12 bits per heavy atom. The summed E-state index contributed by atoms with van der Waals surface area (Å²) in [6.45, 7) is 3.56. The minimum atomic E-state index is -1.35. The van der Waals surface area contributed by atoms with Gasteiger partial charge in [-0.05, 0) is 31.5 Å². The zero-order valence-corrected chi connectivity index (χ0v) is 9.25. The van der Waals surface area contributed by atoms with Crippen LogP contribution in [0.5, 0.6) is 0 Å². The molecule has 0 saturated carbocycles. The number of rotatable bonds is 5. The molecule has 1 aromatic heterocycles. The largest absolute Gasteiger partial charge is 0.479 e. The van der Waals surface area contributed by atoms with Gasteiger partial charge in [0.15, 0.2) is 5.54 Å². The molecule has 1 amide bonds. The van der Waals surface area contributed by atoms with E-state index >= 15 is 0 Å². The van der Waals surface area contributed by atoms with Crippen LogP contribution in [-0.4, -0.2) is 33.9 Å². The van der Waals surface area contributed by atoms with Crippen LogP contribution in [0.15, 0.2) is 24.5 Å². The van der Waals surface area contributed by atoms with E-state index < -0.39 is 11.5 Å². The highest BCUT2D eigenvalue weighted by Crippen LogP contribution is 2.26. The maximum absolute atomic E-state index is 11.4. The van der Waals surface area contributed by atoms with Gasteiger partial charge in [0.05, 0.1) is 0 Å². The fraction of sp³-hybridized carbons (Fsp3) is 0.364. The maximum Gasteiger partial charge on any atom is 0.334 e. The van der Waals surface area contributed by atoms with Crippen LogP contribution in [-0.2, 0) is 15.1 Å². The summed E-state index contributed by atoms with van der Waals surface area (Å²) >= 11 is 0. The summed E-state index contributed by atoms with van der Waals surface area (Å²) in [5.74, 6) is -1.06. The summed E-state index contributed by atoms with van der Waals surface area (Å²) in [5, 5.41) is 9.30. The summed E-state index contributed by atoms with van der Waals surface area (Å²) in [7, 11) is 0. The fourth-order valence-electron chi connectivity index (χ4n) is 1.58. The molecule has 0 aliphatic carbocycles. The highest BCUT2D eigenvalue weighted by molar-refractivity contribution is 5.82. The monoisotopic (exact) mass is 222 g/mol. The van der Waals surface area contributed by atoms with Crippen LogP contribution < -0.4 is 0 Å². The standard InChI is InChI=1S/C11H14N2O3/c1-3-13(8-14)11(2,10(15)16)9-4-6-12-7-5-9/h4-8H,3H2,1-2H3,(H,15,16). The molecule has 1 aromatic rings. The van der Waals surface area contributed by atoms with E-state index in [-0.39, 0.29) is 0 Å². The molecule has 0 aliphatic heterocycles. The first-order valence-corrected chi connectivity index (χ1v) is 4.93. The number of carbonyl (C=O) groups is 2. The van der Waals surface area contributed by atoms with Crippen molar-refractivity contribution < 1.29 is 14.7 Å². The summed E-state index contributed by atoms with van der Waals surface area (Å²) in [5.41, 5.74) is -0.816. The number of hydrogen-bond acceptors (Lipinski definition) is 3. The lowest BCUT2D eigenvalue weighted by Crippen LogP contribution is -2.49. The molecule has 0 bridgehead atoms. The van der Waals surface area contributed by atoms with E-state index in [0.29, 0.717) is 18.5 Å². The average Bonchev–Trinajstić information content (AvgIpc) is 2.31. The topological polar surface area (TPSA) is 70.5 Å². The van der Waals surface area contributed by atoms with Gasteiger partial charge in [-0.25, -0.2) is 4.79 Å². The second-order valence-electron chi connectivity index (χ2n) is 3.50. The Balaban J connectivity index is 3.26. The Bertz CT molecular complexity index is 380. The Hall–Kier alpha value is -1.91. The van der Waals surface area contributed by atoms with Crippen LogP contribution in [0.4, 0.5) is 0 Å². The molecule has 1 atom stereocenters. The molecule has 1 heterocycles. The number of aliphatic carboxylic acids is 1. The zero-order chi connectivity index (χ0) is 12.2. The van der Waals surface area contributed by atoms with Gasteiger partial charge in [-0.2, -0.15) is 0 Å². The third-order valence-corrected chi connectivity index (χ3v) is 2.70. The number of aromatic nitrogens is 1. The van der Waals surface area contributed by atoms with Crippen molar-refractivity contribution >= 4 is 12.4 Å². The molecule has 1 unspecified atom stereocenters. The van der Waals surface area contributed by atoms with Crippen LogP contribution in [0.3, 0.4) is 0 Å². The van der Waals surface area contributed by atoms with Gasteiger partial charge in [0.2, 0.25) is 6.41 Å². The van der Waals surface area contributed by atoms with E-state index in [0.717, 1.165) is 0 Å². The minimum Gasteiger partial charge on any atom is -0.479 e. The number of pyridine rings is 1. The molecule has 0 aliphatic rings. The lowest BCUT2D eigenvalue weighted by atomic mass is 9.91. The second-order valence-corrected chi connectivity index (χ2v) is 3.50. The van der Waals surface area contributed by atoms with E-state index in [4.69, 9.17) is 0 Å². The Morgan fingerprint density at radius 3 is 2.50 bits per heavy atom. The molecule has 0 aromatic carbocycles. The number of carboxylic acid groups (broad SMARTS) is 1. The van der Waals surface area contributed by atoms with E-state index in [1.807, 2.05) is 0 Å². The van der Waals surface area contributed by atoms with Gasteiger partial charge < -0.3 is 10.0 Å². The normalized spacial score (nSPS) is 13.9. The molecule has 1 rings (SSSR count). The number of carboxylic acids is 1. The summed E-state index contributed by atoms with van der Waals surface area (Å²) in [6, 6.07) is 3.20. The first kappa shape index (κ1) is 12.2. The van der Waals surface area contributed by atoms with Gasteiger partial charge in [0, 0.05) is 18.9 Å². The highest BCUT2D eigenvalue weighted by Gasteiger charge is 2.40. The summed E-state index contributed by atoms with van der Waals surface area (Å²) < 4.78 is 0. The summed E-state index contributed by atoms with van der Waals surface area (Å²) in [6.07, 6.45) is 3.57. The van der Waals surface area contributed by atoms with Crippen molar-refractivity contribution in [2.45, 2.75) is 19.4 Å². The molecule has 0 radical (unpaired) electrons. The third kappa shape index (κ3) is 1.88. The lowest BCUT2D eigenvalue weighted by molar-refractivity contribution is -0.154. The van der Waals surface area contributed by atoms with Crippen LogP contribution in [0.2, 0.25) is 0 Å². The van der Waals surface area contributed by atoms with Gasteiger partial charge >= 0.3 is 5.97 Å². The smallest absolute Gasteiger partial charge is 0.334 e. The Kier molecular flexibility index (Phi) is 3.60. The zero-order valence-electron chi connectivity index (χ0n) is 9.25.